The first-order valence-electron chi connectivity index (χ1n) is 10.3. The zero-order valence-electron chi connectivity index (χ0n) is 16.9. The van der Waals surface area contributed by atoms with Gasteiger partial charge in [-0.15, -0.1) is 0 Å². The van der Waals surface area contributed by atoms with E-state index in [1.54, 1.807) is 0 Å². The highest BCUT2D eigenvalue weighted by molar-refractivity contribution is 5.69. The van der Waals surface area contributed by atoms with E-state index in [0.717, 1.165) is 77.0 Å². The molecule has 0 amide bonds. The predicted octanol–water partition coefficient (Wildman–Crippen LogP) is 4.42. The molecule has 0 aromatic carbocycles. The third-order valence-electron chi connectivity index (χ3n) is 4.67. The van der Waals surface area contributed by atoms with Gasteiger partial charge in [0.1, 0.15) is 0 Å². The summed E-state index contributed by atoms with van der Waals surface area (Å²) in [5.41, 5.74) is 0. The van der Waals surface area contributed by atoms with Gasteiger partial charge in [0, 0.05) is 25.7 Å². The molecule has 1 rings (SSSR count). The molecule has 0 aromatic rings. The zero-order chi connectivity index (χ0) is 19.7. The van der Waals surface area contributed by atoms with Crippen molar-refractivity contribution in [1.82, 2.24) is 0 Å². The molecule has 7 heteroatoms. The lowest BCUT2D eigenvalue weighted by atomic mass is 10.1. The lowest BCUT2D eigenvalue weighted by Gasteiger charge is -2.08. The molecule has 1 heterocycles. The van der Waals surface area contributed by atoms with Crippen molar-refractivity contribution in [2.24, 2.45) is 0 Å². The van der Waals surface area contributed by atoms with Crippen LogP contribution in [0.2, 0.25) is 0 Å². The summed E-state index contributed by atoms with van der Waals surface area (Å²) in [7, 11) is 2.85. The number of unbranched alkanes of at least 4 members (excludes halogenated alkanes) is 8. The number of methoxy groups -OCH3 is 2. The summed E-state index contributed by atoms with van der Waals surface area (Å²) < 4.78 is 15.0. The fourth-order valence-electron chi connectivity index (χ4n) is 3.00. The molecule has 0 radical (unpaired) electrons. The SMILES string of the molecule is COC(=O)CCCCCCC[C@@H]1OO[C@H](CCCCCCCC(=O)OC)O1. The maximum Gasteiger partial charge on any atom is 0.305 e. The Morgan fingerprint density at radius 3 is 1.41 bits per heavy atom. The number of carbonyl (C=O) groups excluding carboxylic acids is 2. The van der Waals surface area contributed by atoms with Crippen molar-refractivity contribution in [2.75, 3.05) is 14.2 Å². The number of esters is 2. The summed E-state index contributed by atoms with van der Waals surface area (Å²) in [5.74, 6) is -0.265. The molecule has 0 aliphatic carbocycles. The average Bonchev–Trinajstić information content (AvgIpc) is 3.13. The molecule has 1 aliphatic rings. The minimum Gasteiger partial charge on any atom is -0.469 e. The number of rotatable bonds is 16. The minimum absolute atomic E-state index is 0.132. The average molecular weight is 389 g/mol. The van der Waals surface area contributed by atoms with Gasteiger partial charge in [-0.25, -0.2) is 9.78 Å². The Morgan fingerprint density at radius 1 is 0.630 bits per heavy atom. The zero-order valence-corrected chi connectivity index (χ0v) is 16.9. The molecule has 0 bridgehead atoms. The Balaban J connectivity index is 1.87. The van der Waals surface area contributed by atoms with Crippen LogP contribution in [-0.2, 0) is 33.6 Å². The molecule has 27 heavy (non-hydrogen) atoms. The maximum absolute atomic E-state index is 11.0. The van der Waals surface area contributed by atoms with Crippen LogP contribution in [0.4, 0.5) is 0 Å². The van der Waals surface area contributed by atoms with Crippen LogP contribution in [0.1, 0.15) is 89.9 Å². The van der Waals surface area contributed by atoms with Crippen molar-refractivity contribution in [3.8, 4) is 0 Å². The van der Waals surface area contributed by atoms with Gasteiger partial charge >= 0.3 is 11.9 Å². The molecule has 0 saturated carbocycles. The van der Waals surface area contributed by atoms with Crippen LogP contribution in [0.15, 0.2) is 0 Å². The highest BCUT2D eigenvalue weighted by Crippen LogP contribution is 2.23. The molecule has 7 nitrogen and oxygen atoms in total. The maximum atomic E-state index is 11.0. The van der Waals surface area contributed by atoms with Crippen LogP contribution in [-0.4, -0.2) is 38.7 Å². The molecule has 1 aliphatic heterocycles. The van der Waals surface area contributed by atoms with E-state index in [1.807, 2.05) is 0 Å². The van der Waals surface area contributed by atoms with Crippen molar-refractivity contribution in [3.05, 3.63) is 0 Å². The number of hydrogen-bond acceptors (Lipinski definition) is 7. The topological polar surface area (TPSA) is 80.3 Å². The van der Waals surface area contributed by atoms with E-state index in [1.165, 1.54) is 14.2 Å². The molecule has 0 N–H and O–H groups in total. The van der Waals surface area contributed by atoms with Gasteiger partial charge < -0.3 is 14.2 Å². The van der Waals surface area contributed by atoms with E-state index in [-0.39, 0.29) is 24.5 Å². The minimum atomic E-state index is -0.259. The van der Waals surface area contributed by atoms with E-state index in [4.69, 9.17) is 14.5 Å². The smallest absolute Gasteiger partial charge is 0.305 e. The van der Waals surface area contributed by atoms with Crippen LogP contribution < -0.4 is 0 Å². The van der Waals surface area contributed by atoms with Crippen molar-refractivity contribution in [2.45, 2.75) is 102 Å². The molecule has 0 spiro atoms. The predicted molar refractivity (Wildman–Crippen MR) is 99.5 cm³/mol. The van der Waals surface area contributed by atoms with Crippen molar-refractivity contribution < 1.29 is 33.6 Å². The summed E-state index contributed by atoms with van der Waals surface area (Å²) in [5, 5.41) is 0. The van der Waals surface area contributed by atoms with Gasteiger partial charge in [0.25, 0.3) is 0 Å². The molecular formula is C20H36O7. The standard InChI is InChI=1S/C20H36O7/c1-23-17(21)13-9-5-3-7-11-15-19-25-20(27-26-19)16-12-8-4-6-10-14-18(22)24-2/h19-20H,3-16H2,1-2H3/t19-,20+. The first kappa shape index (κ1) is 23.9. The van der Waals surface area contributed by atoms with Gasteiger partial charge in [-0.2, -0.15) is 0 Å². The summed E-state index contributed by atoms with van der Waals surface area (Å²) in [6.07, 6.45) is 12.5. The van der Waals surface area contributed by atoms with Gasteiger partial charge in [0.05, 0.1) is 14.2 Å². The van der Waals surface area contributed by atoms with Gasteiger partial charge in [-0.3, -0.25) is 9.59 Å². The molecular weight excluding hydrogens is 352 g/mol. The normalized spacial score (nSPS) is 19.2. The van der Waals surface area contributed by atoms with Crippen molar-refractivity contribution in [3.63, 3.8) is 0 Å². The third kappa shape index (κ3) is 12.8. The Bertz CT molecular complexity index is 364. The van der Waals surface area contributed by atoms with Crippen LogP contribution in [0.5, 0.6) is 0 Å². The van der Waals surface area contributed by atoms with E-state index in [0.29, 0.717) is 12.8 Å². The van der Waals surface area contributed by atoms with E-state index in [9.17, 15) is 9.59 Å². The van der Waals surface area contributed by atoms with E-state index in [2.05, 4.69) is 9.47 Å². The van der Waals surface area contributed by atoms with Gasteiger partial charge in [0.2, 0.25) is 0 Å². The highest BCUT2D eigenvalue weighted by atomic mass is 17.3. The second kappa shape index (κ2) is 15.8. The van der Waals surface area contributed by atoms with Crippen LogP contribution in [0, 0.1) is 0 Å². The monoisotopic (exact) mass is 388 g/mol. The first-order chi connectivity index (χ1) is 13.2. The number of carbonyl (C=O) groups is 2. The van der Waals surface area contributed by atoms with Gasteiger partial charge in [0.15, 0.2) is 12.6 Å². The molecule has 2 atom stereocenters. The lowest BCUT2D eigenvalue weighted by Crippen LogP contribution is -2.11. The highest BCUT2D eigenvalue weighted by Gasteiger charge is 2.26. The lowest BCUT2D eigenvalue weighted by molar-refractivity contribution is -0.298. The Hall–Kier alpha value is -1.18. The van der Waals surface area contributed by atoms with E-state index >= 15 is 0 Å². The third-order valence-corrected chi connectivity index (χ3v) is 4.67. The molecule has 0 aromatic heterocycles. The van der Waals surface area contributed by atoms with Gasteiger partial charge in [-0.05, 0) is 25.7 Å². The van der Waals surface area contributed by atoms with Crippen LogP contribution in [0.3, 0.4) is 0 Å². The molecule has 158 valence electrons. The largest absolute Gasteiger partial charge is 0.469 e. The second-order valence-corrected chi connectivity index (χ2v) is 6.95. The Morgan fingerprint density at radius 2 is 1.00 bits per heavy atom. The summed E-state index contributed by atoms with van der Waals surface area (Å²) >= 11 is 0. The van der Waals surface area contributed by atoms with Crippen molar-refractivity contribution >= 4 is 11.9 Å². The fourth-order valence-corrected chi connectivity index (χ4v) is 3.00. The van der Waals surface area contributed by atoms with E-state index < -0.39 is 0 Å². The summed E-state index contributed by atoms with van der Waals surface area (Å²) in [4.78, 5) is 32.5. The number of ether oxygens (including phenoxy) is 3. The fraction of sp³-hybridized carbons (Fsp3) is 0.900. The van der Waals surface area contributed by atoms with Crippen LogP contribution in [0.25, 0.3) is 0 Å². The van der Waals surface area contributed by atoms with Crippen LogP contribution >= 0.6 is 0 Å². The Kier molecular flexibility index (Phi) is 14.0. The van der Waals surface area contributed by atoms with Crippen molar-refractivity contribution in [1.29, 1.82) is 0 Å². The molecule has 0 unspecified atom stereocenters. The quantitative estimate of drug-likeness (QED) is 0.220. The summed E-state index contributed by atoms with van der Waals surface area (Å²) in [6, 6.07) is 0. The second-order valence-electron chi connectivity index (χ2n) is 6.95. The summed E-state index contributed by atoms with van der Waals surface area (Å²) in [6.45, 7) is 0. The molecule has 1 fully saturated rings. The van der Waals surface area contributed by atoms with Gasteiger partial charge in [-0.1, -0.05) is 38.5 Å². The first-order valence-corrected chi connectivity index (χ1v) is 10.3. The molecule has 1 saturated heterocycles. The Labute approximate surface area is 162 Å². The number of hydrogen-bond donors (Lipinski definition) is 0.